The molecule has 134 valence electrons. The molecule has 0 saturated carbocycles. The lowest BCUT2D eigenvalue weighted by molar-refractivity contribution is 0.144. The van der Waals surface area contributed by atoms with Crippen molar-refractivity contribution < 1.29 is 9.53 Å². The van der Waals surface area contributed by atoms with Crippen molar-refractivity contribution in [1.29, 1.82) is 0 Å². The number of nitrogens with zero attached hydrogens (tertiary/aromatic N) is 3. The van der Waals surface area contributed by atoms with E-state index in [-0.39, 0.29) is 6.03 Å². The smallest absolute Gasteiger partial charge is 0.321 e. The molecule has 0 radical (unpaired) electrons. The molecule has 0 bridgehead atoms. The summed E-state index contributed by atoms with van der Waals surface area (Å²) < 4.78 is 5.41. The molecule has 2 amide bonds. The van der Waals surface area contributed by atoms with Crippen LogP contribution in [0.2, 0.25) is 0 Å². The second kappa shape index (κ2) is 9.49. The largest absolute Gasteiger partial charge is 0.494 e. The number of benzene rings is 1. The number of piperazine rings is 1. The second-order valence-electron chi connectivity index (χ2n) is 6.37. The lowest BCUT2D eigenvalue weighted by Gasteiger charge is -2.34. The van der Waals surface area contributed by atoms with Gasteiger partial charge in [0.2, 0.25) is 0 Å². The second-order valence-corrected chi connectivity index (χ2v) is 6.37. The Morgan fingerprint density at radius 1 is 1.17 bits per heavy atom. The number of nitrogens with one attached hydrogen (secondary N) is 1. The van der Waals surface area contributed by atoms with E-state index < -0.39 is 0 Å². The van der Waals surface area contributed by atoms with Crippen LogP contribution in [-0.2, 0) is 0 Å². The number of hydrogen-bond donors (Lipinski definition) is 1. The fraction of sp³-hybridized carbons (Fsp3) is 0.611. The van der Waals surface area contributed by atoms with Crippen molar-refractivity contribution in [2.45, 2.75) is 13.3 Å². The average Bonchev–Trinajstić information content (AvgIpc) is 2.57. The van der Waals surface area contributed by atoms with Crippen molar-refractivity contribution in [2.75, 3.05) is 65.3 Å². The molecule has 1 saturated heterocycles. The van der Waals surface area contributed by atoms with Gasteiger partial charge in [0.1, 0.15) is 5.75 Å². The van der Waals surface area contributed by atoms with E-state index in [0.29, 0.717) is 6.61 Å². The molecule has 1 aliphatic heterocycles. The van der Waals surface area contributed by atoms with Crippen LogP contribution in [-0.4, -0.2) is 80.7 Å². The molecular formula is C18H30N4O2. The zero-order valence-corrected chi connectivity index (χ0v) is 15.1. The number of anilines is 1. The lowest BCUT2D eigenvalue weighted by atomic mass is 10.3. The van der Waals surface area contributed by atoms with Gasteiger partial charge in [-0.1, -0.05) is 0 Å². The molecular weight excluding hydrogens is 304 g/mol. The summed E-state index contributed by atoms with van der Waals surface area (Å²) in [7, 11) is 4.20. The molecule has 0 atom stereocenters. The summed E-state index contributed by atoms with van der Waals surface area (Å²) in [6.07, 6.45) is 1.17. The van der Waals surface area contributed by atoms with Crippen molar-refractivity contribution in [2.24, 2.45) is 0 Å². The van der Waals surface area contributed by atoms with Gasteiger partial charge in [0.15, 0.2) is 0 Å². The maximum atomic E-state index is 12.3. The Balaban J connectivity index is 1.72. The zero-order valence-electron chi connectivity index (χ0n) is 15.1. The molecule has 2 rings (SSSR count). The SMILES string of the molecule is CCOc1ccc(NC(=O)N2CCN(CCCN(C)C)CC2)cc1. The highest BCUT2D eigenvalue weighted by Gasteiger charge is 2.20. The zero-order chi connectivity index (χ0) is 17.4. The molecule has 1 aromatic carbocycles. The highest BCUT2D eigenvalue weighted by atomic mass is 16.5. The Bertz CT molecular complexity index is 496. The van der Waals surface area contributed by atoms with E-state index in [1.807, 2.05) is 36.1 Å². The number of amides is 2. The minimum atomic E-state index is -0.0212. The third-order valence-electron chi connectivity index (χ3n) is 4.16. The normalized spacial score (nSPS) is 15.6. The number of carbonyl (C=O) groups excluding carboxylic acids is 1. The average molecular weight is 334 g/mol. The van der Waals surface area contributed by atoms with Gasteiger partial charge in [0, 0.05) is 31.9 Å². The minimum Gasteiger partial charge on any atom is -0.494 e. The van der Waals surface area contributed by atoms with Gasteiger partial charge in [-0.15, -0.1) is 0 Å². The van der Waals surface area contributed by atoms with Gasteiger partial charge in [-0.2, -0.15) is 0 Å². The topological polar surface area (TPSA) is 48.1 Å². The third kappa shape index (κ3) is 6.02. The van der Waals surface area contributed by atoms with Crippen LogP contribution in [0.15, 0.2) is 24.3 Å². The Morgan fingerprint density at radius 3 is 2.42 bits per heavy atom. The van der Waals surface area contributed by atoms with Crippen LogP contribution in [0.25, 0.3) is 0 Å². The van der Waals surface area contributed by atoms with Crippen LogP contribution in [0.4, 0.5) is 10.5 Å². The van der Waals surface area contributed by atoms with Crippen molar-refractivity contribution in [3.05, 3.63) is 24.3 Å². The Morgan fingerprint density at radius 2 is 1.83 bits per heavy atom. The number of ether oxygens (including phenoxy) is 1. The molecule has 0 aliphatic carbocycles. The Labute approximate surface area is 145 Å². The summed E-state index contributed by atoms with van der Waals surface area (Å²) in [4.78, 5) is 18.9. The monoisotopic (exact) mass is 334 g/mol. The first-order valence-electron chi connectivity index (χ1n) is 8.74. The quantitative estimate of drug-likeness (QED) is 0.830. The van der Waals surface area contributed by atoms with Gasteiger partial charge in [-0.25, -0.2) is 4.79 Å². The number of rotatable bonds is 7. The highest BCUT2D eigenvalue weighted by Crippen LogP contribution is 2.16. The van der Waals surface area contributed by atoms with Gasteiger partial charge in [0.25, 0.3) is 0 Å². The van der Waals surface area contributed by atoms with E-state index in [1.54, 1.807) is 0 Å². The predicted octanol–water partition coefficient (Wildman–Crippen LogP) is 2.19. The molecule has 1 fully saturated rings. The van der Waals surface area contributed by atoms with E-state index in [0.717, 1.165) is 50.7 Å². The van der Waals surface area contributed by atoms with Gasteiger partial charge >= 0.3 is 6.03 Å². The van der Waals surface area contributed by atoms with Crippen LogP contribution in [0.1, 0.15) is 13.3 Å². The van der Waals surface area contributed by atoms with E-state index in [2.05, 4.69) is 29.2 Å². The summed E-state index contributed by atoms with van der Waals surface area (Å²) in [5, 5.41) is 2.96. The van der Waals surface area contributed by atoms with Crippen LogP contribution >= 0.6 is 0 Å². The summed E-state index contributed by atoms with van der Waals surface area (Å²) >= 11 is 0. The molecule has 1 N–H and O–H groups in total. The first-order chi connectivity index (χ1) is 11.6. The van der Waals surface area contributed by atoms with Crippen LogP contribution < -0.4 is 10.1 Å². The fourth-order valence-electron chi connectivity index (χ4n) is 2.79. The van der Waals surface area contributed by atoms with Gasteiger partial charge in [0.05, 0.1) is 6.61 Å². The summed E-state index contributed by atoms with van der Waals surface area (Å²) in [6.45, 7) is 8.27. The van der Waals surface area contributed by atoms with Crippen molar-refractivity contribution >= 4 is 11.7 Å². The third-order valence-corrected chi connectivity index (χ3v) is 4.16. The maximum absolute atomic E-state index is 12.3. The molecule has 0 unspecified atom stereocenters. The molecule has 1 aromatic rings. The molecule has 0 aromatic heterocycles. The molecule has 6 nitrogen and oxygen atoms in total. The Kier molecular flexibility index (Phi) is 7.34. The highest BCUT2D eigenvalue weighted by molar-refractivity contribution is 5.89. The summed E-state index contributed by atoms with van der Waals surface area (Å²) in [5.74, 6) is 0.821. The first kappa shape index (κ1) is 18.5. The van der Waals surface area contributed by atoms with Gasteiger partial charge in [-0.05, 0) is 64.8 Å². The molecule has 1 heterocycles. The maximum Gasteiger partial charge on any atom is 0.321 e. The number of urea groups is 1. The minimum absolute atomic E-state index is 0.0212. The van der Waals surface area contributed by atoms with Crippen molar-refractivity contribution in [3.63, 3.8) is 0 Å². The Hall–Kier alpha value is -1.79. The lowest BCUT2D eigenvalue weighted by Crippen LogP contribution is -2.50. The fourth-order valence-corrected chi connectivity index (χ4v) is 2.79. The standard InChI is InChI=1S/C18H30N4O2/c1-4-24-17-8-6-16(7-9-17)19-18(23)22-14-12-21(13-15-22)11-5-10-20(2)3/h6-9H,4-5,10-15H2,1-3H3,(H,19,23). The van der Waals surface area contributed by atoms with Crippen molar-refractivity contribution in [3.8, 4) is 5.75 Å². The molecule has 24 heavy (non-hydrogen) atoms. The van der Waals surface area contributed by atoms with Crippen LogP contribution in [0.3, 0.4) is 0 Å². The summed E-state index contributed by atoms with van der Waals surface area (Å²) in [6, 6.07) is 7.48. The summed E-state index contributed by atoms with van der Waals surface area (Å²) in [5.41, 5.74) is 0.803. The van der Waals surface area contributed by atoms with E-state index in [4.69, 9.17) is 4.74 Å². The number of hydrogen-bond acceptors (Lipinski definition) is 4. The number of carbonyl (C=O) groups is 1. The van der Waals surface area contributed by atoms with E-state index in [1.165, 1.54) is 6.42 Å². The van der Waals surface area contributed by atoms with Crippen LogP contribution in [0, 0.1) is 0 Å². The predicted molar refractivity (Wildman–Crippen MR) is 97.8 cm³/mol. The van der Waals surface area contributed by atoms with Gasteiger partial charge in [-0.3, -0.25) is 4.90 Å². The van der Waals surface area contributed by atoms with E-state index in [9.17, 15) is 4.79 Å². The van der Waals surface area contributed by atoms with Crippen LogP contribution in [0.5, 0.6) is 5.75 Å². The van der Waals surface area contributed by atoms with Gasteiger partial charge < -0.3 is 19.9 Å². The van der Waals surface area contributed by atoms with E-state index >= 15 is 0 Å². The molecule has 0 spiro atoms. The molecule has 1 aliphatic rings. The first-order valence-corrected chi connectivity index (χ1v) is 8.74. The molecule has 6 heteroatoms. The van der Waals surface area contributed by atoms with Crippen molar-refractivity contribution in [1.82, 2.24) is 14.7 Å².